The molecule has 0 aromatic heterocycles. The van der Waals surface area contributed by atoms with Crippen LogP contribution in [0.5, 0.6) is 5.75 Å². The number of carbonyl (C=O) groups is 1. The fourth-order valence-electron chi connectivity index (χ4n) is 5.96. The van der Waals surface area contributed by atoms with Gasteiger partial charge in [0.15, 0.2) is 6.10 Å². The molecule has 136 valence electrons. The minimum Gasteiger partial charge on any atom is -0.481 e. The summed E-state index contributed by atoms with van der Waals surface area (Å²) < 4.78 is 6.82. The van der Waals surface area contributed by atoms with Gasteiger partial charge in [0, 0.05) is 10.5 Å². The Morgan fingerprint density at radius 1 is 1.08 bits per heavy atom. The van der Waals surface area contributed by atoms with Gasteiger partial charge in [0.25, 0.3) is 5.91 Å². The molecule has 0 spiro atoms. The Balaban J connectivity index is 1.38. The van der Waals surface area contributed by atoms with Crippen LogP contribution in [0, 0.1) is 23.2 Å². The van der Waals surface area contributed by atoms with E-state index in [0.29, 0.717) is 5.41 Å². The van der Waals surface area contributed by atoms with Gasteiger partial charge in [0.05, 0.1) is 0 Å². The lowest BCUT2D eigenvalue weighted by atomic mass is 9.48. The zero-order chi connectivity index (χ0) is 17.6. The molecule has 0 heterocycles. The van der Waals surface area contributed by atoms with Crippen molar-refractivity contribution in [3.05, 3.63) is 28.7 Å². The molecule has 4 saturated carbocycles. The monoisotopic (exact) mass is 405 g/mol. The molecule has 4 heteroatoms. The summed E-state index contributed by atoms with van der Waals surface area (Å²) in [7, 11) is 0. The normalized spacial score (nSPS) is 35.2. The largest absolute Gasteiger partial charge is 0.481 e. The first-order chi connectivity index (χ1) is 11.9. The molecule has 0 saturated heterocycles. The molecule has 25 heavy (non-hydrogen) atoms. The SMILES string of the molecule is C[C@@H](Oc1ccc(Br)cc1)C(=O)N[C@H](C)C12CC3CC(CC(C3)C1)C2. The molecule has 4 aliphatic carbocycles. The molecule has 4 bridgehead atoms. The summed E-state index contributed by atoms with van der Waals surface area (Å²) in [5, 5.41) is 3.30. The second-order valence-corrected chi connectivity index (χ2v) is 9.64. The van der Waals surface area contributed by atoms with E-state index in [0.717, 1.165) is 28.0 Å². The third-order valence-corrected chi connectivity index (χ3v) is 7.39. The molecule has 5 rings (SSSR count). The van der Waals surface area contributed by atoms with Gasteiger partial charge in [-0.15, -0.1) is 0 Å². The fraction of sp³-hybridized carbons (Fsp3) is 0.667. The molecule has 1 amide bonds. The van der Waals surface area contributed by atoms with Crippen molar-refractivity contribution in [2.75, 3.05) is 0 Å². The average Bonchev–Trinajstić information content (AvgIpc) is 2.55. The van der Waals surface area contributed by atoms with Gasteiger partial charge >= 0.3 is 0 Å². The predicted octanol–water partition coefficient (Wildman–Crippen LogP) is 4.94. The van der Waals surface area contributed by atoms with Crippen molar-refractivity contribution < 1.29 is 9.53 Å². The number of ether oxygens (including phenoxy) is 1. The van der Waals surface area contributed by atoms with E-state index in [4.69, 9.17) is 4.74 Å². The highest BCUT2D eigenvalue weighted by Crippen LogP contribution is 2.61. The Morgan fingerprint density at radius 2 is 1.60 bits per heavy atom. The van der Waals surface area contributed by atoms with Gasteiger partial charge in [-0.1, -0.05) is 15.9 Å². The first kappa shape index (κ1) is 17.4. The van der Waals surface area contributed by atoms with Gasteiger partial charge < -0.3 is 10.1 Å². The van der Waals surface area contributed by atoms with E-state index in [9.17, 15) is 4.79 Å². The van der Waals surface area contributed by atoms with Gasteiger partial charge in [0.1, 0.15) is 5.75 Å². The van der Waals surface area contributed by atoms with Crippen LogP contribution >= 0.6 is 15.9 Å². The number of carbonyl (C=O) groups excluding carboxylic acids is 1. The molecule has 0 aliphatic heterocycles. The Hall–Kier alpha value is -1.03. The minimum atomic E-state index is -0.475. The number of amides is 1. The molecule has 1 N–H and O–H groups in total. The number of hydrogen-bond acceptors (Lipinski definition) is 2. The van der Waals surface area contributed by atoms with E-state index in [2.05, 4.69) is 28.2 Å². The first-order valence-corrected chi connectivity index (χ1v) is 10.5. The van der Waals surface area contributed by atoms with Crippen LogP contribution in [0.4, 0.5) is 0 Å². The lowest BCUT2D eigenvalue weighted by Crippen LogP contribution is -2.57. The van der Waals surface area contributed by atoms with Crippen molar-refractivity contribution in [1.82, 2.24) is 5.32 Å². The maximum atomic E-state index is 12.7. The van der Waals surface area contributed by atoms with Crippen molar-refractivity contribution >= 4 is 21.8 Å². The quantitative estimate of drug-likeness (QED) is 0.753. The third kappa shape index (κ3) is 3.47. The van der Waals surface area contributed by atoms with E-state index in [-0.39, 0.29) is 11.9 Å². The Kier molecular flexibility index (Phi) is 4.59. The van der Waals surface area contributed by atoms with Crippen molar-refractivity contribution in [2.24, 2.45) is 23.2 Å². The van der Waals surface area contributed by atoms with Crippen LogP contribution in [-0.4, -0.2) is 18.1 Å². The third-order valence-electron chi connectivity index (χ3n) is 6.86. The number of nitrogens with one attached hydrogen (secondary N) is 1. The highest BCUT2D eigenvalue weighted by Gasteiger charge is 2.53. The van der Waals surface area contributed by atoms with Crippen molar-refractivity contribution in [3.63, 3.8) is 0 Å². The molecule has 1 aromatic rings. The number of benzene rings is 1. The number of halogens is 1. The van der Waals surface area contributed by atoms with E-state index in [1.807, 2.05) is 31.2 Å². The van der Waals surface area contributed by atoms with Crippen LogP contribution in [-0.2, 0) is 4.79 Å². The van der Waals surface area contributed by atoms with E-state index < -0.39 is 6.10 Å². The molecule has 2 atom stereocenters. The first-order valence-electron chi connectivity index (χ1n) is 9.66. The minimum absolute atomic E-state index is 0.00571. The summed E-state index contributed by atoms with van der Waals surface area (Å²) in [6.07, 6.45) is 7.75. The van der Waals surface area contributed by atoms with Gasteiger partial charge in [-0.25, -0.2) is 0 Å². The molecule has 0 radical (unpaired) electrons. The van der Waals surface area contributed by atoms with Gasteiger partial charge in [-0.05, 0) is 99.8 Å². The average molecular weight is 406 g/mol. The molecule has 0 unspecified atom stereocenters. The summed E-state index contributed by atoms with van der Waals surface area (Å²) in [4.78, 5) is 12.7. The maximum Gasteiger partial charge on any atom is 0.261 e. The molecule has 4 aliphatic rings. The highest BCUT2D eigenvalue weighted by atomic mass is 79.9. The van der Waals surface area contributed by atoms with E-state index >= 15 is 0 Å². The summed E-state index contributed by atoms with van der Waals surface area (Å²) in [6, 6.07) is 7.87. The molecule has 1 aromatic carbocycles. The molecule has 3 nitrogen and oxygen atoms in total. The summed E-state index contributed by atoms with van der Waals surface area (Å²) in [5.74, 6) is 3.45. The molecule has 4 fully saturated rings. The number of hydrogen-bond donors (Lipinski definition) is 1. The standard InChI is InChI=1S/C21H28BrNO2/c1-13(25-19-5-3-18(22)4-6-19)20(24)23-14(2)21-10-15-7-16(11-21)9-17(8-15)12-21/h3-6,13-17H,7-12H2,1-2H3,(H,23,24)/t13-,14-,15?,16?,17?,21?/m1/s1. The van der Waals surface area contributed by atoms with Crippen LogP contribution in [0.3, 0.4) is 0 Å². The fourth-order valence-corrected chi connectivity index (χ4v) is 6.23. The van der Waals surface area contributed by atoms with Crippen LogP contribution in [0.1, 0.15) is 52.4 Å². The summed E-state index contributed by atoms with van der Waals surface area (Å²) in [6.45, 7) is 4.06. The van der Waals surface area contributed by atoms with Crippen LogP contribution in [0.15, 0.2) is 28.7 Å². The highest BCUT2D eigenvalue weighted by molar-refractivity contribution is 9.10. The summed E-state index contributed by atoms with van der Waals surface area (Å²) in [5.41, 5.74) is 0.335. The van der Waals surface area contributed by atoms with Crippen LogP contribution < -0.4 is 10.1 Å². The van der Waals surface area contributed by atoms with Crippen molar-refractivity contribution in [2.45, 2.75) is 64.5 Å². The second-order valence-electron chi connectivity index (χ2n) is 8.72. The zero-order valence-electron chi connectivity index (χ0n) is 15.1. The van der Waals surface area contributed by atoms with Crippen molar-refractivity contribution in [3.8, 4) is 5.75 Å². The van der Waals surface area contributed by atoms with Gasteiger partial charge in [-0.3, -0.25) is 4.79 Å². The molecular formula is C21H28BrNO2. The second kappa shape index (κ2) is 6.61. The van der Waals surface area contributed by atoms with E-state index in [1.165, 1.54) is 38.5 Å². The lowest BCUT2D eigenvalue weighted by molar-refractivity contribution is -0.131. The smallest absolute Gasteiger partial charge is 0.261 e. The van der Waals surface area contributed by atoms with E-state index in [1.54, 1.807) is 0 Å². The maximum absolute atomic E-state index is 12.7. The van der Waals surface area contributed by atoms with Crippen LogP contribution in [0.25, 0.3) is 0 Å². The zero-order valence-corrected chi connectivity index (χ0v) is 16.7. The number of rotatable bonds is 5. The van der Waals surface area contributed by atoms with Crippen LogP contribution in [0.2, 0.25) is 0 Å². The van der Waals surface area contributed by atoms with Crippen molar-refractivity contribution in [1.29, 1.82) is 0 Å². The Morgan fingerprint density at radius 3 is 2.12 bits per heavy atom. The Bertz CT molecular complexity index is 607. The lowest BCUT2D eigenvalue weighted by Gasteiger charge is -2.59. The predicted molar refractivity (Wildman–Crippen MR) is 102 cm³/mol. The Labute approximate surface area is 159 Å². The van der Waals surface area contributed by atoms with Gasteiger partial charge in [-0.2, -0.15) is 0 Å². The topological polar surface area (TPSA) is 38.3 Å². The summed E-state index contributed by atoms with van der Waals surface area (Å²) >= 11 is 3.42. The van der Waals surface area contributed by atoms with Gasteiger partial charge in [0.2, 0.25) is 0 Å². The molecular weight excluding hydrogens is 378 g/mol.